The first-order valence-corrected chi connectivity index (χ1v) is 6.65. The Balaban J connectivity index is 2.37. The lowest BCUT2D eigenvalue weighted by Crippen LogP contribution is -2.13. The number of aryl methyl sites for hydroxylation is 1. The standard InChI is InChI=1S/C11H9FN4O2S/c1-7-4-11(15-14-7)16-19(17,18)9-2-3-10(12)8(5-9)6-13/h2-5H,1H3,(H2,14,15,16). The SMILES string of the molecule is Cc1cc(NS(=O)(=O)c2ccc(F)c(C#N)c2)n[nH]1. The molecule has 0 aliphatic rings. The third kappa shape index (κ3) is 2.71. The third-order valence-corrected chi connectivity index (χ3v) is 3.67. The van der Waals surface area contributed by atoms with Gasteiger partial charge in [0.15, 0.2) is 5.82 Å². The van der Waals surface area contributed by atoms with E-state index in [1.807, 2.05) is 0 Å². The second kappa shape index (κ2) is 4.70. The van der Waals surface area contributed by atoms with Crippen LogP contribution in [0.3, 0.4) is 0 Å². The van der Waals surface area contributed by atoms with Gasteiger partial charge in [-0.05, 0) is 25.1 Å². The first-order chi connectivity index (χ1) is 8.92. The molecule has 6 nitrogen and oxygen atoms in total. The smallest absolute Gasteiger partial charge is 0.263 e. The van der Waals surface area contributed by atoms with Gasteiger partial charge in [0.25, 0.3) is 10.0 Å². The molecule has 0 spiro atoms. The van der Waals surface area contributed by atoms with Gasteiger partial charge in [-0.25, -0.2) is 12.8 Å². The van der Waals surface area contributed by atoms with Crippen LogP contribution in [0.4, 0.5) is 10.2 Å². The van der Waals surface area contributed by atoms with Crippen molar-refractivity contribution in [2.45, 2.75) is 11.8 Å². The molecule has 19 heavy (non-hydrogen) atoms. The number of aromatic amines is 1. The van der Waals surface area contributed by atoms with Crippen molar-refractivity contribution in [3.8, 4) is 6.07 Å². The Kier molecular flexibility index (Phi) is 3.23. The van der Waals surface area contributed by atoms with Gasteiger partial charge in [-0.3, -0.25) is 9.82 Å². The molecule has 1 heterocycles. The summed E-state index contributed by atoms with van der Waals surface area (Å²) in [5, 5.41) is 15.0. The number of nitriles is 1. The molecule has 0 aliphatic heterocycles. The molecule has 0 saturated carbocycles. The van der Waals surface area contributed by atoms with E-state index in [0.717, 1.165) is 18.2 Å². The average molecular weight is 280 g/mol. The highest BCUT2D eigenvalue weighted by atomic mass is 32.2. The molecule has 0 aliphatic carbocycles. The van der Waals surface area contributed by atoms with Crippen molar-refractivity contribution in [3.05, 3.63) is 41.3 Å². The number of rotatable bonds is 3. The number of hydrogen-bond acceptors (Lipinski definition) is 4. The zero-order valence-corrected chi connectivity index (χ0v) is 10.6. The number of sulfonamides is 1. The van der Waals surface area contributed by atoms with Crippen LogP contribution in [0, 0.1) is 24.1 Å². The summed E-state index contributed by atoms with van der Waals surface area (Å²) in [4.78, 5) is -0.203. The van der Waals surface area contributed by atoms with Crippen LogP contribution >= 0.6 is 0 Å². The van der Waals surface area contributed by atoms with Crippen molar-refractivity contribution in [3.63, 3.8) is 0 Å². The van der Waals surface area contributed by atoms with Gasteiger partial charge in [-0.15, -0.1) is 0 Å². The number of halogens is 1. The van der Waals surface area contributed by atoms with E-state index in [-0.39, 0.29) is 16.3 Å². The van der Waals surface area contributed by atoms with Crippen LogP contribution in [0.25, 0.3) is 0 Å². The van der Waals surface area contributed by atoms with Crippen molar-refractivity contribution in [1.82, 2.24) is 10.2 Å². The highest BCUT2D eigenvalue weighted by molar-refractivity contribution is 7.92. The van der Waals surface area contributed by atoms with Gasteiger partial charge in [-0.1, -0.05) is 0 Å². The van der Waals surface area contributed by atoms with E-state index in [4.69, 9.17) is 5.26 Å². The predicted molar refractivity (Wildman–Crippen MR) is 65.2 cm³/mol. The Labute approximate surface area is 108 Å². The fourth-order valence-electron chi connectivity index (χ4n) is 1.42. The molecular formula is C11H9FN4O2S. The van der Waals surface area contributed by atoms with Crippen LogP contribution in [0.15, 0.2) is 29.2 Å². The van der Waals surface area contributed by atoms with Gasteiger partial charge in [0.1, 0.15) is 11.9 Å². The van der Waals surface area contributed by atoms with Gasteiger partial charge >= 0.3 is 0 Å². The maximum absolute atomic E-state index is 13.1. The minimum atomic E-state index is -3.90. The van der Waals surface area contributed by atoms with Crippen molar-refractivity contribution in [1.29, 1.82) is 5.26 Å². The fraction of sp³-hybridized carbons (Fsp3) is 0.0909. The molecular weight excluding hydrogens is 271 g/mol. The highest BCUT2D eigenvalue weighted by Gasteiger charge is 2.17. The summed E-state index contributed by atoms with van der Waals surface area (Å²) in [6, 6.07) is 6.08. The van der Waals surface area contributed by atoms with Crippen LogP contribution in [-0.4, -0.2) is 18.6 Å². The highest BCUT2D eigenvalue weighted by Crippen LogP contribution is 2.17. The Bertz CT molecular complexity index is 761. The molecule has 8 heteroatoms. The summed E-state index contributed by atoms with van der Waals surface area (Å²) in [5.74, 6) is -0.641. The fourth-order valence-corrected chi connectivity index (χ4v) is 2.44. The maximum atomic E-state index is 13.1. The van der Waals surface area contributed by atoms with E-state index in [1.54, 1.807) is 13.0 Å². The lowest BCUT2D eigenvalue weighted by atomic mass is 10.2. The molecule has 2 aromatic rings. The Morgan fingerprint density at radius 1 is 1.42 bits per heavy atom. The summed E-state index contributed by atoms with van der Waals surface area (Å²) in [6.07, 6.45) is 0. The predicted octanol–water partition coefficient (Wildman–Crippen LogP) is 1.53. The van der Waals surface area contributed by atoms with E-state index >= 15 is 0 Å². The molecule has 2 rings (SSSR count). The van der Waals surface area contributed by atoms with Crippen molar-refractivity contribution in [2.24, 2.45) is 0 Å². The molecule has 0 amide bonds. The summed E-state index contributed by atoms with van der Waals surface area (Å²) in [7, 11) is -3.90. The van der Waals surface area contributed by atoms with Gasteiger partial charge < -0.3 is 0 Å². The topological polar surface area (TPSA) is 98.6 Å². The molecule has 98 valence electrons. The number of nitrogens with zero attached hydrogens (tertiary/aromatic N) is 2. The summed E-state index contributed by atoms with van der Waals surface area (Å²) in [6.45, 7) is 1.72. The van der Waals surface area contributed by atoms with Crippen LogP contribution in [0.5, 0.6) is 0 Å². The van der Waals surface area contributed by atoms with Crippen LogP contribution in [0.1, 0.15) is 11.3 Å². The number of H-pyrrole nitrogens is 1. The number of hydrogen-bond donors (Lipinski definition) is 2. The monoisotopic (exact) mass is 280 g/mol. The summed E-state index contributed by atoms with van der Waals surface area (Å²) < 4.78 is 39.3. The summed E-state index contributed by atoms with van der Waals surface area (Å²) in [5.41, 5.74) is 0.357. The average Bonchev–Trinajstić information content (AvgIpc) is 2.74. The second-order valence-electron chi connectivity index (χ2n) is 3.80. The quantitative estimate of drug-likeness (QED) is 0.890. The van der Waals surface area contributed by atoms with E-state index in [0.29, 0.717) is 5.69 Å². The Morgan fingerprint density at radius 2 is 2.16 bits per heavy atom. The molecule has 0 radical (unpaired) electrons. The second-order valence-corrected chi connectivity index (χ2v) is 5.48. The van der Waals surface area contributed by atoms with Crippen molar-refractivity contribution < 1.29 is 12.8 Å². The molecule has 0 unspecified atom stereocenters. The molecule has 1 aromatic heterocycles. The van der Waals surface area contributed by atoms with E-state index in [2.05, 4.69) is 14.9 Å². The molecule has 1 aromatic carbocycles. The minimum absolute atomic E-state index is 0.125. The van der Waals surface area contributed by atoms with Gasteiger partial charge in [-0.2, -0.15) is 10.4 Å². The van der Waals surface area contributed by atoms with Gasteiger partial charge in [0.2, 0.25) is 0 Å². The number of benzene rings is 1. The van der Waals surface area contributed by atoms with Crippen LogP contribution in [0.2, 0.25) is 0 Å². The Morgan fingerprint density at radius 3 is 2.74 bits per heavy atom. The maximum Gasteiger partial charge on any atom is 0.263 e. The molecule has 0 saturated heterocycles. The number of aromatic nitrogens is 2. The van der Waals surface area contributed by atoms with Gasteiger partial charge in [0, 0.05) is 11.8 Å². The van der Waals surface area contributed by atoms with E-state index in [9.17, 15) is 12.8 Å². The third-order valence-electron chi connectivity index (χ3n) is 2.31. The normalized spacial score (nSPS) is 11.0. The zero-order chi connectivity index (χ0) is 14.0. The summed E-state index contributed by atoms with van der Waals surface area (Å²) >= 11 is 0. The number of anilines is 1. The first-order valence-electron chi connectivity index (χ1n) is 5.17. The Hall–Kier alpha value is -2.40. The lowest BCUT2D eigenvalue weighted by molar-refractivity contribution is 0.599. The largest absolute Gasteiger partial charge is 0.281 e. The zero-order valence-electron chi connectivity index (χ0n) is 9.81. The molecule has 2 N–H and O–H groups in total. The van der Waals surface area contributed by atoms with Crippen molar-refractivity contribution >= 4 is 15.8 Å². The van der Waals surface area contributed by atoms with Crippen LogP contribution in [-0.2, 0) is 10.0 Å². The van der Waals surface area contributed by atoms with E-state index < -0.39 is 15.8 Å². The molecule has 0 atom stereocenters. The van der Waals surface area contributed by atoms with Crippen LogP contribution < -0.4 is 4.72 Å². The minimum Gasteiger partial charge on any atom is -0.281 e. The van der Waals surface area contributed by atoms with Crippen molar-refractivity contribution in [2.75, 3.05) is 4.72 Å². The number of nitrogens with one attached hydrogen (secondary N) is 2. The molecule has 0 bridgehead atoms. The van der Waals surface area contributed by atoms with E-state index in [1.165, 1.54) is 6.07 Å². The van der Waals surface area contributed by atoms with Gasteiger partial charge in [0.05, 0.1) is 10.5 Å². The molecule has 0 fully saturated rings. The lowest BCUT2D eigenvalue weighted by Gasteiger charge is -2.05. The first kappa shape index (κ1) is 13.0.